The molecule has 0 aromatic rings. The number of allylic oxidation sites excluding steroid dienone is 3. The van der Waals surface area contributed by atoms with Crippen molar-refractivity contribution < 1.29 is 0 Å². The Morgan fingerprint density at radius 2 is 2.30 bits per heavy atom. The van der Waals surface area contributed by atoms with Gasteiger partial charge in [0, 0.05) is 12.0 Å². The summed E-state index contributed by atoms with van der Waals surface area (Å²) in [5.41, 5.74) is 5.94. The fraction of sp³-hybridized carbons (Fsp3) is 0.556. The first kappa shape index (κ1) is 7.55. The van der Waals surface area contributed by atoms with E-state index in [9.17, 15) is 0 Å². The molecule has 0 saturated heterocycles. The molecule has 1 rings (SSSR count). The van der Waals surface area contributed by atoms with Crippen molar-refractivity contribution >= 4 is 0 Å². The lowest BCUT2D eigenvalue weighted by Crippen LogP contribution is -2.27. The molecule has 0 bridgehead atoms. The zero-order valence-corrected chi connectivity index (χ0v) is 6.51. The molecule has 0 aliphatic heterocycles. The molecule has 0 fully saturated rings. The van der Waals surface area contributed by atoms with E-state index < -0.39 is 0 Å². The average molecular weight is 137 g/mol. The van der Waals surface area contributed by atoms with E-state index in [0.29, 0.717) is 0 Å². The highest BCUT2D eigenvalue weighted by molar-refractivity contribution is 5.16. The summed E-state index contributed by atoms with van der Waals surface area (Å²) >= 11 is 0. The fourth-order valence-electron chi connectivity index (χ4n) is 1.27. The summed E-state index contributed by atoms with van der Waals surface area (Å²) in [5.74, 6) is 0. The molecule has 2 N–H and O–H groups in total. The quantitative estimate of drug-likeness (QED) is 0.617. The highest BCUT2D eigenvalue weighted by Crippen LogP contribution is 2.29. The number of hydrogen-bond donors (Lipinski definition) is 1. The molecule has 0 amide bonds. The Labute approximate surface area is 62.6 Å². The van der Waals surface area contributed by atoms with Gasteiger partial charge in [0.25, 0.3) is 0 Å². The van der Waals surface area contributed by atoms with Crippen LogP contribution in [-0.2, 0) is 0 Å². The molecule has 0 saturated carbocycles. The van der Waals surface area contributed by atoms with Gasteiger partial charge in [-0.2, -0.15) is 0 Å². The lowest BCUT2D eigenvalue weighted by molar-refractivity contribution is 0.381. The molecular formula is C9H15N. The topological polar surface area (TPSA) is 26.0 Å². The van der Waals surface area contributed by atoms with Crippen LogP contribution in [-0.4, -0.2) is 6.54 Å². The Kier molecular flexibility index (Phi) is 2.28. The summed E-state index contributed by atoms with van der Waals surface area (Å²) in [4.78, 5) is 0. The Hall–Kier alpha value is -0.560. The van der Waals surface area contributed by atoms with Crippen molar-refractivity contribution in [3.8, 4) is 0 Å². The van der Waals surface area contributed by atoms with Gasteiger partial charge in [0.15, 0.2) is 0 Å². The average Bonchev–Trinajstić information content (AvgIpc) is 2.06. The summed E-state index contributed by atoms with van der Waals surface area (Å²) in [6.07, 6.45) is 10.9. The minimum atomic E-state index is 0.273. The number of nitrogens with two attached hydrogens (primary N) is 1. The van der Waals surface area contributed by atoms with Crippen molar-refractivity contribution in [1.82, 2.24) is 0 Å². The van der Waals surface area contributed by atoms with Crippen molar-refractivity contribution in [1.29, 1.82) is 0 Å². The fourth-order valence-corrected chi connectivity index (χ4v) is 1.27. The molecule has 1 aliphatic carbocycles. The molecule has 56 valence electrons. The smallest absolute Gasteiger partial charge is 0.00394 e. The maximum atomic E-state index is 5.66. The molecule has 10 heavy (non-hydrogen) atoms. The first-order valence-corrected chi connectivity index (χ1v) is 3.87. The molecule has 1 heteroatoms. The maximum Gasteiger partial charge on any atom is 0.00394 e. The van der Waals surface area contributed by atoms with E-state index in [-0.39, 0.29) is 5.41 Å². The van der Waals surface area contributed by atoms with Crippen LogP contribution in [0.1, 0.15) is 19.8 Å². The van der Waals surface area contributed by atoms with Gasteiger partial charge in [0.1, 0.15) is 0 Å². The summed E-state index contributed by atoms with van der Waals surface area (Å²) in [6.45, 7) is 2.96. The first-order chi connectivity index (χ1) is 4.83. The molecule has 0 spiro atoms. The van der Waals surface area contributed by atoms with E-state index in [4.69, 9.17) is 5.73 Å². The Morgan fingerprint density at radius 3 is 2.60 bits per heavy atom. The summed E-state index contributed by atoms with van der Waals surface area (Å²) in [5, 5.41) is 0. The maximum absolute atomic E-state index is 5.66. The van der Waals surface area contributed by atoms with Crippen LogP contribution < -0.4 is 5.73 Å². The Bertz CT molecular complexity index is 152. The highest BCUT2D eigenvalue weighted by atomic mass is 14.6. The van der Waals surface area contributed by atoms with Gasteiger partial charge in [0.2, 0.25) is 0 Å². The third kappa shape index (κ3) is 1.29. The van der Waals surface area contributed by atoms with Crippen LogP contribution in [0.25, 0.3) is 0 Å². The van der Waals surface area contributed by atoms with Crippen LogP contribution in [0.15, 0.2) is 24.3 Å². The Morgan fingerprint density at radius 1 is 1.50 bits per heavy atom. The zero-order valence-electron chi connectivity index (χ0n) is 6.51. The largest absolute Gasteiger partial charge is 0.330 e. The highest BCUT2D eigenvalue weighted by Gasteiger charge is 2.22. The van der Waals surface area contributed by atoms with Crippen molar-refractivity contribution in [3.05, 3.63) is 24.3 Å². The normalized spacial score (nSPS) is 31.0. The predicted octanol–water partition coefficient (Wildman–Crippen LogP) is 1.86. The van der Waals surface area contributed by atoms with E-state index >= 15 is 0 Å². The van der Waals surface area contributed by atoms with Gasteiger partial charge in [-0.3, -0.25) is 0 Å². The molecule has 0 radical (unpaired) electrons. The van der Waals surface area contributed by atoms with Crippen LogP contribution in [0.3, 0.4) is 0 Å². The molecule has 1 atom stereocenters. The summed E-state index contributed by atoms with van der Waals surface area (Å²) in [6, 6.07) is 0. The lowest BCUT2D eigenvalue weighted by Gasteiger charge is -2.27. The monoisotopic (exact) mass is 137 g/mol. The van der Waals surface area contributed by atoms with E-state index in [1.54, 1.807) is 0 Å². The number of hydrogen-bond acceptors (Lipinski definition) is 1. The van der Waals surface area contributed by atoms with Gasteiger partial charge in [-0.05, 0) is 12.8 Å². The van der Waals surface area contributed by atoms with E-state index in [1.165, 1.54) is 0 Å². The molecule has 0 heterocycles. The lowest BCUT2D eigenvalue weighted by atomic mass is 9.79. The molecular weight excluding hydrogens is 122 g/mol. The second kappa shape index (κ2) is 3.02. The number of rotatable bonds is 2. The summed E-state index contributed by atoms with van der Waals surface area (Å²) in [7, 11) is 0. The SMILES string of the molecule is CC[C@]1(CN)C=CC=CC1. The minimum absolute atomic E-state index is 0.273. The van der Waals surface area contributed by atoms with Gasteiger partial charge in [-0.25, -0.2) is 0 Å². The van der Waals surface area contributed by atoms with Gasteiger partial charge in [0.05, 0.1) is 0 Å². The van der Waals surface area contributed by atoms with Crippen molar-refractivity contribution in [2.45, 2.75) is 19.8 Å². The van der Waals surface area contributed by atoms with Crippen LogP contribution in [0.4, 0.5) is 0 Å². The minimum Gasteiger partial charge on any atom is -0.330 e. The van der Waals surface area contributed by atoms with Crippen LogP contribution >= 0.6 is 0 Å². The van der Waals surface area contributed by atoms with E-state index in [1.807, 2.05) is 0 Å². The van der Waals surface area contributed by atoms with Gasteiger partial charge >= 0.3 is 0 Å². The molecule has 0 aromatic carbocycles. The molecule has 1 aliphatic rings. The van der Waals surface area contributed by atoms with Crippen LogP contribution in [0, 0.1) is 5.41 Å². The third-order valence-electron chi connectivity index (χ3n) is 2.33. The van der Waals surface area contributed by atoms with E-state index in [2.05, 4.69) is 31.2 Å². The standard InChI is InChI=1S/C9H15N/c1-2-9(8-10)6-4-3-5-7-9/h3-6H,2,7-8,10H2,1H3/t9-/m0/s1. The second-order valence-corrected chi connectivity index (χ2v) is 2.91. The molecule has 0 unspecified atom stereocenters. The summed E-state index contributed by atoms with van der Waals surface area (Å²) < 4.78 is 0. The van der Waals surface area contributed by atoms with E-state index in [0.717, 1.165) is 19.4 Å². The predicted molar refractivity (Wildman–Crippen MR) is 44.7 cm³/mol. The molecule has 1 nitrogen and oxygen atoms in total. The first-order valence-electron chi connectivity index (χ1n) is 3.87. The van der Waals surface area contributed by atoms with Gasteiger partial charge in [-0.1, -0.05) is 31.2 Å². The van der Waals surface area contributed by atoms with Gasteiger partial charge < -0.3 is 5.73 Å². The van der Waals surface area contributed by atoms with Crippen molar-refractivity contribution in [3.63, 3.8) is 0 Å². The van der Waals surface area contributed by atoms with Crippen LogP contribution in [0.5, 0.6) is 0 Å². The van der Waals surface area contributed by atoms with Crippen molar-refractivity contribution in [2.75, 3.05) is 6.54 Å². The Balaban J connectivity index is 2.66. The second-order valence-electron chi connectivity index (χ2n) is 2.91. The van der Waals surface area contributed by atoms with Gasteiger partial charge in [-0.15, -0.1) is 0 Å². The van der Waals surface area contributed by atoms with Crippen molar-refractivity contribution in [2.24, 2.45) is 11.1 Å². The molecule has 0 aromatic heterocycles. The third-order valence-corrected chi connectivity index (χ3v) is 2.33. The zero-order chi connectivity index (χ0) is 7.45. The van der Waals surface area contributed by atoms with Crippen LogP contribution in [0.2, 0.25) is 0 Å².